The highest BCUT2D eigenvalue weighted by atomic mass is 35.5. The second-order valence-electron chi connectivity index (χ2n) is 3.94. The number of likely N-dealkylation sites (N-methyl/N-ethyl adjacent to an activating group) is 1. The quantitative estimate of drug-likeness (QED) is 0.722. The molecule has 1 aromatic heterocycles. The van der Waals surface area contributed by atoms with E-state index in [0.717, 1.165) is 11.1 Å². The number of likely N-dealkylation sites (tertiary alicyclic amines) is 1. The zero-order chi connectivity index (χ0) is 11.9. The fourth-order valence-electron chi connectivity index (χ4n) is 1.95. The molecule has 2 rings (SSSR count). The third-order valence-corrected chi connectivity index (χ3v) is 3.03. The normalized spacial score (nSPS) is 21.6. The summed E-state index contributed by atoms with van der Waals surface area (Å²) in [5.74, 6) is -1.10. The Morgan fingerprint density at radius 2 is 2.19 bits per heavy atom. The fourth-order valence-corrected chi connectivity index (χ4v) is 2.12. The number of H-pyrrole nitrogens is 1. The molecule has 16 heavy (non-hydrogen) atoms. The van der Waals surface area contributed by atoms with Crippen LogP contribution in [0.1, 0.15) is 12.5 Å². The monoisotopic (exact) mass is 247 g/mol. The van der Waals surface area contributed by atoms with Crippen molar-refractivity contribution in [2.75, 3.05) is 20.1 Å². The standard InChI is InChI=1S/C9H11ClFN3O2/c1-13-3-2-5(4-13)14-8(15)6(11)7(10)12-9(14)16/h5H,2-4H2,1H3,(H,12,16). The van der Waals surface area contributed by atoms with Crippen molar-refractivity contribution in [3.8, 4) is 0 Å². The van der Waals surface area contributed by atoms with Crippen molar-refractivity contribution >= 4 is 11.6 Å². The highest BCUT2D eigenvalue weighted by Crippen LogP contribution is 2.17. The summed E-state index contributed by atoms with van der Waals surface area (Å²) >= 11 is 5.37. The van der Waals surface area contributed by atoms with Crippen LogP contribution in [0.2, 0.25) is 5.15 Å². The average molecular weight is 248 g/mol. The molecule has 1 unspecified atom stereocenters. The van der Waals surface area contributed by atoms with Crippen LogP contribution >= 0.6 is 11.6 Å². The van der Waals surface area contributed by atoms with Crippen LogP contribution in [0.15, 0.2) is 9.59 Å². The smallest absolute Gasteiger partial charge is 0.304 e. The Balaban J connectivity index is 2.53. The van der Waals surface area contributed by atoms with Gasteiger partial charge in [0.25, 0.3) is 5.56 Å². The summed E-state index contributed by atoms with van der Waals surface area (Å²) in [6, 6.07) is -0.284. The summed E-state index contributed by atoms with van der Waals surface area (Å²) in [7, 11) is 1.88. The van der Waals surface area contributed by atoms with Crippen LogP contribution in [0.25, 0.3) is 0 Å². The second-order valence-corrected chi connectivity index (χ2v) is 4.32. The lowest BCUT2D eigenvalue weighted by Crippen LogP contribution is -2.40. The highest BCUT2D eigenvalue weighted by Gasteiger charge is 2.25. The number of nitrogens with one attached hydrogen (secondary N) is 1. The molecule has 1 N–H and O–H groups in total. The first kappa shape index (κ1) is 11.3. The summed E-state index contributed by atoms with van der Waals surface area (Å²) < 4.78 is 14.2. The van der Waals surface area contributed by atoms with E-state index in [9.17, 15) is 14.0 Å². The van der Waals surface area contributed by atoms with E-state index in [0.29, 0.717) is 13.0 Å². The molecule has 1 atom stereocenters. The minimum Gasteiger partial charge on any atom is -0.304 e. The van der Waals surface area contributed by atoms with E-state index in [4.69, 9.17) is 11.6 Å². The number of hydrogen-bond donors (Lipinski definition) is 1. The van der Waals surface area contributed by atoms with Crippen molar-refractivity contribution in [1.82, 2.24) is 14.5 Å². The molecule has 1 fully saturated rings. The highest BCUT2D eigenvalue weighted by molar-refractivity contribution is 6.29. The lowest BCUT2D eigenvalue weighted by molar-refractivity contribution is 0.381. The van der Waals surface area contributed by atoms with Crippen LogP contribution in [-0.4, -0.2) is 34.6 Å². The molecule has 5 nitrogen and oxygen atoms in total. The Bertz CT molecular complexity index is 524. The summed E-state index contributed by atoms with van der Waals surface area (Å²) in [4.78, 5) is 27.2. The molecular weight excluding hydrogens is 237 g/mol. The SMILES string of the molecule is CN1CCC(n2c(=O)[nH]c(Cl)c(F)c2=O)C1. The Kier molecular flexibility index (Phi) is 2.86. The maximum absolute atomic E-state index is 13.3. The number of rotatable bonds is 1. The van der Waals surface area contributed by atoms with Crippen LogP contribution in [-0.2, 0) is 0 Å². The molecule has 0 radical (unpaired) electrons. The Morgan fingerprint density at radius 1 is 1.50 bits per heavy atom. The molecular formula is C9H11ClFN3O2. The second kappa shape index (κ2) is 4.03. The third kappa shape index (κ3) is 1.78. The van der Waals surface area contributed by atoms with Crippen molar-refractivity contribution in [1.29, 1.82) is 0 Å². The van der Waals surface area contributed by atoms with Gasteiger partial charge in [-0.3, -0.25) is 14.3 Å². The first-order valence-corrected chi connectivity index (χ1v) is 5.27. The number of nitrogens with zero attached hydrogens (tertiary/aromatic N) is 2. The van der Waals surface area contributed by atoms with E-state index in [1.807, 2.05) is 11.9 Å². The molecule has 2 heterocycles. The number of hydrogen-bond acceptors (Lipinski definition) is 3. The maximum atomic E-state index is 13.3. The largest absolute Gasteiger partial charge is 0.329 e. The van der Waals surface area contributed by atoms with E-state index in [2.05, 4.69) is 4.98 Å². The third-order valence-electron chi connectivity index (χ3n) is 2.77. The lowest BCUT2D eigenvalue weighted by Gasteiger charge is -2.12. The van der Waals surface area contributed by atoms with Crippen molar-refractivity contribution in [2.45, 2.75) is 12.5 Å². The summed E-state index contributed by atoms with van der Waals surface area (Å²) in [5, 5.41) is -0.530. The van der Waals surface area contributed by atoms with E-state index in [-0.39, 0.29) is 6.04 Å². The van der Waals surface area contributed by atoms with E-state index in [1.54, 1.807) is 0 Å². The summed E-state index contributed by atoms with van der Waals surface area (Å²) in [6.45, 7) is 1.34. The van der Waals surface area contributed by atoms with Crippen molar-refractivity contribution in [2.24, 2.45) is 0 Å². The van der Waals surface area contributed by atoms with Gasteiger partial charge in [0.2, 0.25) is 5.82 Å². The number of halogens is 2. The van der Waals surface area contributed by atoms with Crippen LogP contribution in [0.5, 0.6) is 0 Å². The van der Waals surface area contributed by atoms with Gasteiger partial charge in [-0.2, -0.15) is 4.39 Å². The molecule has 0 bridgehead atoms. The molecule has 1 aliphatic rings. The minimum absolute atomic E-state index is 0.284. The molecule has 0 saturated carbocycles. The van der Waals surface area contributed by atoms with Crippen molar-refractivity contribution < 1.29 is 4.39 Å². The van der Waals surface area contributed by atoms with Gasteiger partial charge in [0.1, 0.15) is 0 Å². The molecule has 88 valence electrons. The van der Waals surface area contributed by atoms with Gasteiger partial charge < -0.3 is 4.90 Å². The van der Waals surface area contributed by atoms with Crippen LogP contribution in [0.3, 0.4) is 0 Å². The molecule has 7 heteroatoms. The van der Waals surface area contributed by atoms with Gasteiger partial charge >= 0.3 is 5.69 Å². The molecule has 0 amide bonds. The molecule has 0 aromatic carbocycles. The zero-order valence-electron chi connectivity index (χ0n) is 8.67. The number of aromatic nitrogens is 2. The molecule has 0 spiro atoms. The van der Waals surface area contributed by atoms with Gasteiger partial charge in [0, 0.05) is 6.54 Å². The topological polar surface area (TPSA) is 58.1 Å². The van der Waals surface area contributed by atoms with Gasteiger partial charge in [-0.05, 0) is 20.0 Å². The average Bonchev–Trinajstić information content (AvgIpc) is 2.61. The summed E-state index contributed by atoms with van der Waals surface area (Å²) in [5.41, 5.74) is -1.61. The fraction of sp³-hybridized carbons (Fsp3) is 0.556. The molecule has 0 aliphatic carbocycles. The Morgan fingerprint density at radius 3 is 2.75 bits per heavy atom. The first-order chi connectivity index (χ1) is 7.50. The van der Waals surface area contributed by atoms with E-state index >= 15 is 0 Å². The summed E-state index contributed by atoms with van der Waals surface area (Å²) in [6.07, 6.45) is 0.653. The minimum atomic E-state index is -1.10. The van der Waals surface area contributed by atoms with Crippen LogP contribution in [0.4, 0.5) is 4.39 Å². The van der Waals surface area contributed by atoms with Crippen molar-refractivity contribution in [3.05, 3.63) is 31.8 Å². The van der Waals surface area contributed by atoms with Gasteiger partial charge in [0.05, 0.1) is 6.04 Å². The molecule has 1 saturated heterocycles. The Hall–Kier alpha value is -1.14. The van der Waals surface area contributed by atoms with Gasteiger partial charge in [-0.25, -0.2) is 4.79 Å². The lowest BCUT2D eigenvalue weighted by atomic mass is 10.2. The molecule has 1 aliphatic heterocycles. The van der Waals surface area contributed by atoms with Crippen LogP contribution < -0.4 is 11.2 Å². The molecule has 1 aromatic rings. The predicted octanol–water partition coefficient (Wildman–Crippen LogP) is 0.206. The maximum Gasteiger partial charge on any atom is 0.329 e. The predicted molar refractivity (Wildman–Crippen MR) is 57.4 cm³/mol. The number of aromatic amines is 1. The van der Waals surface area contributed by atoms with Gasteiger partial charge in [0.15, 0.2) is 5.15 Å². The van der Waals surface area contributed by atoms with Crippen molar-refractivity contribution in [3.63, 3.8) is 0 Å². The van der Waals surface area contributed by atoms with Gasteiger partial charge in [-0.15, -0.1) is 0 Å². The van der Waals surface area contributed by atoms with E-state index < -0.39 is 22.2 Å². The van der Waals surface area contributed by atoms with Gasteiger partial charge in [-0.1, -0.05) is 11.6 Å². The van der Waals surface area contributed by atoms with E-state index in [1.165, 1.54) is 0 Å². The first-order valence-electron chi connectivity index (χ1n) is 4.89. The zero-order valence-corrected chi connectivity index (χ0v) is 9.42. The Labute approximate surface area is 95.5 Å². The van der Waals surface area contributed by atoms with Crippen LogP contribution in [0, 0.1) is 5.82 Å².